The third-order valence-electron chi connectivity index (χ3n) is 3.73. The van der Waals surface area contributed by atoms with Gasteiger partial charge in [-0.2, -0.15) is 0 Å². The van der Waals surface area contributed by atoms with E-state index in [1.807, 2.05) is 0 Å². The Hall–Kier alpha value is -1.96. The van der Waals surface area contributed by atoms with Crippen molar-refractivity contribution in [2.45, 2.75) is 26.9 Å². The quantitative estimate of drug-likeness (QED) is 0.823. The number of ether oxygens (including phenoxy) is 1. The van der Waals surface area contributed by atoms with Gasteiger partial charge in [-0.05, 0) is 55.2 Å². The van der Waals surface area contributed by atoms with Gasteiger partial charge in [0.1, 0.15) is 11.9 Å². The summed E-state index contributed by atoms with van der Waals surface area (Å²) < 4.78 is 5.80. The molecule has 1 aliphatic heterocycles. The number of rotatable bonds is 1. The first-order valence-electron chi connectivity index (χ1n) is 6.76. The molecule has 0 amide bonds. The van der Waals surface area contributed by atoms with Crippen LogP contribution in [0.5, 0.6) is 5.75 Å². The van der Waals surface area contributed by atoms with E-state index in [4.69, 9.17) is 4.74 Å². The number of anilines is 1. The predicted molar refractivity (Wildman–Crippen MR) is 79.9 cm³/mol. The zero-order valence-corrected chi connectivity index (χ0v) is 11.7. The highest BCUT2D eigenvalue weighted by molar-refractivity contribution is 5.73. The van der Waals surface area contributed by atoms with Crippen molar-refractivity contribution in [1.29, 1.82) is 0 Å². The van der Waals surface area contributed by atoms with Crippen molar-refractivity contribution in [3.05, 3.63) is 47.5 Å². The normalized spacial score (nSPS) is 17.3. The molecule has 0 aromatic heterocycles. The van der Waals surface area contributed by atoms with Gasteiger partial charge in [0.15, 0.2) is 0 Å². The first kappa shape index (κ1) is 12.1. The van der Waals surface area contributed by atoms with E-state index in [0.29, 0.717) is 0 Å². The molecule has 0 saturated heterocycles. The van der Waals surface area contributed by atoms with E-state index in [-0.39, 0.29) is 6.10 Å². The van der Waals surface area contributed by atoms with Gasteiger partial charge in [0, 0.05) is 0 Å². The Morgan fingerprint density at radius 1 is 1.00 bits per heavy atom. The monoisotopic (exact) mass is 253 g/mol. The minimum atomic E-state index is 0.236. The van der Waals surface area contributed by atoms with Crippen LogP contribution in [-0.4, -0.2) is 12.6 Å². The second kappa shape index (κ2) is 4.61. The zero-order chi connectivity index (χ0) is 13.4. The summed E-state index contributed by atoms with van der Waals surface area (Å²) in [6.07, 6.45) is 0.236. The minimum Gasteiger partial charge on any atom is -0.487 e. The lowest BCUT2D eigenvalue weighted by Crippen LogP contribution is -2.27. The number of nitrogens with one attached hydrogen (secondary N) is 1. The van der Waals surface area contributed by atoms with Crippen molar-refractivity contribution in [3.8, 4) is 16.9 Å². The predicted octanol–water partition coefficient (Wildman–Crippen LogP) is 4.16. The standard InChI is InChI=1S/C17H19NO/c1-11-4-5-14(8-12(11)2)15-6-7-17-16(9-15)18-10-13(3)19-17/h4-9,13,18H,10H2,1-3H3. The van der Waals surface area contributed by atoms with Crippen molar-refractivity contribution in [2.24, 2.45) is 0 Å². The molecule has 2 heteroatoms. The van der Waals surface area contributed by atoms with Gasteiger partial charge < -0.3 is 10.1 Å². The molecule has 0 spiro atoms. The summed E-state index contributed by atoms with van der Waals surface area (Å²) in [5.74, 6) is 0.950. The van der Waals surface area contributed by atoms with Crippen molar-refractivity contribution >= 4 is 5.69 Å². The van der Waals surface area contributed by atoms with Crippen LogP contribution in [0.15, 0.2) is 36.4 Å². The van der Waals surface area contributed by atoms with Gasteiger partial charge in [-0.3, -0.25) is 0 Å². The Kier molecular flexibility index (Phi) is 2.94. The Morgan fingerprint density at radius 2 is 1.74 bits per heavy atom. The molecular formula is C17H19NO. The van der Waals surface area contributed by atoms with E-state index < -0.39 is 0 Å². The first-order chi connectivity index (χ1) is 9.13. The lowest BCUT2D eigenvalue weighted by atomic mass is 9.99. The number of benzene rings is 2. The smallest absolute Gasteiger partial charge is 0.142 e. The van der Waals surface area contributed by atoms with Gasteiger partial charge in [0.05, 0.1) is 12.2 Å². The molecule has 1 heterocycles. The molecule has 1 aliphatic rings. The van der Waals surface area contributed by atoms with Gasteiger partial charge >= 0.3 is 0 Å². The average molecular weight is 253 g/mol. The first-order valence-corrected chi connectivity index (χ1v) is 6.76. The molecule has 1 N–H and O–H groups in total. The second-order valence-corrected chi connectivity index (χ2v) is 5.32. The van der Waals surface area contributed by atoms with E-state index in [0.717, 1.165) is 18.0 Å². The maximum absolute atomic E-state index is 5.80. The molecule has 3 rings (SSSR count). The van der Waals surface area contributed by atoms with Gasteiger partial charge in [-0.1, -0.05) is 24.3 Å². The molecule has 2 nitrogen and oxygen atoms in total. The summed E-state index contributed by atoms with van der Waals surface area (Å²) >= 11 is 0. The lowest BCUT2D eigenvalue weighted by molar-refractivity contribution is 0.226. The highest BCUT2D eigenvalue weighted by Gasteiger charge is 2.15. The van der Waals surface area contributed by atoms with Crippen LogP contribution < -0.4 is 10.1 Å². The molecule has 0 bridgehead atoms. The fourth-order valence-electron chi connectivity index (χ4n) is 2.38. The number of hydrogen-bond acceptors (Lipinski definition) is 2. The zero-order valence-electron chi connectivity index (χ0n) is 11.7. The van der Waals surface area contributed by atoms with Gasteiger partial charge in [0.2, 0.25) is 0 Å². The molecule has 1 atom stereocenters. The Balaban J connectivity index is 2.00. The van der Waals surface area contributed by atoms with Crippen molar-refractivity contribution in [3.63, 3.8) is 0 Å². The fourth-order valence-corrected chi connectivity index (χ4v) is 2.38. The maximum atomic E-state index is 5.80. The van der Waals surface area contributed by atoms with Gasteiger partial charge in [-0.15, -0.1) is 0 Å². The Labute approximate surface area is 114 Å². The third kappa shape index (κ3) is 2.30. The number of hydrogen-bond donors (Lipinski definition) is 1. The minimum absolute atomic E-state index is 0.236. The Bertz CT molecular complexity index is 619. The molecular weight excluding hydrogens is 234 g/mol. The van der Waals surface area contributed by atoms with Crippen LogP contribution in [0.3, 0.4) is 0 Å². The van der Waals surface area contributed by atoms with Gasteiger partial charge in [0.25, 0.3) is 0 Å². The number of aryl methyl sites for hydroxylation is 2. The van der Waals surface area contributed by atoms with Crippen molar-refractivity contribution < 1.29 is 4.74 Å². The van der Waals surface area contributed by atoms with Crippen LogP contribution in [0.25, 0.3) is 11.1 Å². The molecule has 2 aromatic carbocycles. The van der Waals surface area contributed by atoms with E-state index in [1.54, 1.807) is 0 Å². The summed E-state index contributed by atoms with van der Waals surface area (Å²) in [4.78, 5) is 0. The van der Waals surface area contributed by atoms with E-state index >= 15 is 0 Å². The molecule has 0 radical (unpaired) electrons. The highest BCUT2D eigenvalue weighted by atomic mass is 16.5. The summed E-state index contributed by atoms with van der Waals surface area (Å²) in [6, 6.07) is 13.0. The van der Waals surface area contributed by atoms with Crippen LogP contribution in [0, 0.1) is 13.8 Å². The van der Waals surface area contributed by atoms with E-state index in [1.165, 1.54) is 22.3 Å². The number of fused-ring (bicyclic) bond motifs is 1. The molecule has 1 unspecified atom stereocenters. The van der Waals surface area contributed by atoms with Crippen molar-refractivity contribution in [1.82, 2.24) is 0 Å². The third-order valence-corrected chi connectivity index (χ3v) is 3.73. The largest absolute Gasteiger partial charge is 0.487 e. The van der Waals surface area contributed by atoms with Crippen LogP contribution >= 0.6 is 0 Å². The summed E-state index contributed by atoms with van der Waals surface area (Å²) in [5, 5.41) is 3.42. The summed E-state index contributed by atoms with van der Waals surface area (Å²) in [7, 11) is 0. The van der Waals surface area contributed by atoms with Crippen molar-refractivity contribution in [2.75, 3.05) is 11.9 Å². The van der Waals surface area contributed by atoms with Crippen LogP contribution in [-0.2, 0) is 0 Å². The molecule has 0 saturated carbocycles. The lowest BCUT2D eigenvalue weighted by Gasteiger charge is -2.25. The maximum Gasteiger partial charge on any atom is 0.142 e. The SMILES string of the molecule is Cc1ccc(-c2ccc3c(c2)NCC(C)O3)cc1C. The van der Waals surface area contributed by atoms with E-state index in [2.05, 4.69) is 62.5 Å². The van der Waals surface area contributed by atoms with Gasteiger partial charge in [-0.25, -0.2) is 0 Å². The molecule has 0 aliphatic carbocycles. The Morgan fingerprint density at radius 3 is 2.53 bits per heavy atom. The van der Waals surface area contributed by atoms with Crippen LogP contribution in [0.2, 0.25) is 0 Å². The molecule has 98 valence electrons. The molecule has 0 fully saturated rings. The molecule has 2 aromatic rings. The summed E-state index contributed by atoms with van der Waals surface area (Å²) in [5.41, 5.74) is 6.23. The highest BCUT2D eigenvalue weighted by Crippen LogP contribution is 2.34. The van der Waals surface area contributed by atoms with E-state index in [9.17, 15) is 0 Å². The average Bonchev–Trinajstić information content (AvgIpc) is 2.41. The summed E-state index contributed by atoms with van der Waals surface area (Å²) in [6.45, 7) is 7.24. The van der Waals surface area contributed by atoms with Crippen LogP contribution in [0.4, 0.5) is 5.69 Å². The second-order valence-electron chi connectivity index (χ2n) is 5.32. The van der Waals surface area contributed by atoms with Crippen LogP contribution in [0.1, 0.15) is 18.1 Å². The molecule has 19 heavy (non-hydrogen) atoms. The fraction of sp³-hybridized carbons (Fsp3) is 0.294. The topological polar surface area (TPSA) is 21.3 Å².